The van der Waals surface area contributed by atoms with Crippen molar-refractivity contribution < 1.29 is 0 Å². The number of likely N-dealkylation sites (N-methyl/N-ethyl adjacent to an activating group) is 2. The summed E-state index contributed by atoms with van der Waals surface area (Å²) >= 11 is 0. The van der Waals surface area contributed by atoms with Crippen LogP contribution in [0.5, 0.6) is 0 Å². The highest BCUT2D eigenvalue weighted by atomic mass is 15.3. The van der Waals surface area contributed by atoms with E-state index in [1.807, 2.05) is 4.68 Å². The summed E-state index contributed by atoms with van der Waals surface area (Å²) in [6, 6.07) is 0.374. The molecular weight excluding hydrogens is 190 g/mol. The molecule has 0 amide bonds. The maximum absolute atomic E-state index is 4.13. The van der Waals surface area contributed by atoms with Crippen molar-refractivity contribution in [2.24, 2.45) is 0 Å². The monoisotopic (exact) mass is 211 g/mol. The third-order valence-electron chi connectivity index (χ3n) is 2.38. The van der Waals surface area contributed by atoms with Crippen molar-refractivity contribution in [2.75, 3.05) is 33.2 Å². The van der Waals surface area contributed by atoms with E-state index in [0.717, 1.165) is 26.2 Å². The minimum Gasteiger partial charge on any atom is -0.316 e. The first-order chi connectivity index (χ1) is 7.24. The van der Waals surface area contributed by atoms with Gasteiger partial charge in [0.25, 0.3) is 0 Å². The van der Waals surface area contributed by atoms with E-state index >= 15 is 0 Å². The molecule has 1 unspecified atom stereocenters. The van der Waals surface area contributed by atoms with Crippen LogP contribution in [0.2, 0.25) is 0 Å². The van der Waals surface area contributed by atoms with E-state index in [0.29, 0.717) is 6.04 Å². The lowest BCUT2D eigenvalue weighted by Gasteiger charge is -2.21. The van der Waals surface area contributed by atoms with Crippen LogP contribution in [0.3, 0.4) is 0 Å². The Hall–Kier alpha value is -0.940. The van der Waals surface area contributed by atoms with E-state index < -0.39 is 0 Å². The Kier molecular flexibility index (Phi) is 5.28. The van der Waals surface area contributed by atoms with Crippen molar-refractivity contribution in [3.63, 3.8) is 0 Å². The molecule has 86 valence electrons. The normalized spacial score (nSPS) is 13.3. The second-order valence-corrected chi connectivity index (χ2v) is 3.84. The topological polar surface area (TPSA) is 46.0 Å². The Morgan fingerprint density at radius 2 is 2.33 bits per heavy atom. The van der Waals surface area contributed by atoms with Crippen LogP contribution >= 0.6 is 0 Å². The van der Waals surface area contributed by atoms with Crippen LogP contribution in [-0.4, -0.2) is 52.9 Å². The van der Waals surface area contributed by atoms with E-state index in [-0.39, 0.29) is 0 Å². The molecule has 0 saturated carbocycles. The molecule has 0 bridgehead atoms. The largest absolute Gasteiger partial charge is 0.316 e. The number of rotatable bonds is 7. The molecule has 0 fully saturated rings. The van der Waals surface area contributed by atoms with E-state index in [9.17, 15) is 0 Å². The number of hydrogen-bond acceptors (Lipinski definition) is 4. The van der Waals surface area contributed by atoms with Crippen molar-refractivity contribution in [1.29, 1.82) is 0 Å². The first kappa shape index (κ1) is 12.1. The van der Waals surface area contributed by atoms with Gasteiger partial charge < -0.3 is 10.2 Å². The summed E-state index contributed by atoms with van der Waals surface area (Å²) in [5.74, 6) is 0. The smallest absolute Gasteiger partial charge is 0.137 e. The van der Waals surface area contributed by atoms with Crippen molar-refractivity contribution in [1.82, 2.24) is 25.0 Å². The zero-order valence-corrected chi connectivity index (χ0v) is 9.85. The second-order valence-electron chi connectivity index (χ2n) is 3.84. The van der Waals surface area contributed by atoms with Gasteiger partial charge in [-0.2, -0.15) is 5.10 Å². The lowest BCUT2D eigenvalue weighted by molar-refractivity contribution is 0.276. The van der Waals surface area contributed by atoms with Crippen molar-refractivity contribution in [3.8, 4) is 0 Å². The average molecular weight is 211 g/mol. The molecule has 0 aromatic carbocycles. The molecule has 5 nitrogen and oxygen atoms in total. The third kappa shape index (κ3) is 4.40. The lowest BCUT2D eigenvalue weighted by atomic mass is 10.3. The van der Waals surface area contributed by atoms with E-state index in [1.165, 1.54) is 0 Å². The average Bonchev–Trinajstić information content (AvgIpc) is 2.70. The third-order valence-corrected chi connectivity index (χ3v) is 2.38. The van der Waals surface area contributed by atoms with Crippen molar-refractivity contribution >= 4 is 0 Å². The number of nitrogens with one attached hydrogen (secondary N) is 1. The standard InChI is InChI=1S/C10H21N5/c1-4-11-5-6-14(3)7-10(2)15-9-12-8-13-15/h8-11H,4-7H2,1-3H3. The van der Waals surface area contributed by atoms with Crippen molar-refractivity contribution in [2.45, 2.75) is 19.9 Å². The van der Waals surface area contributed by atoms with Crippen LogP contribution in [0.25, 0.3) is 0 Å². The second kappa shape index (κ2) is 6.53. The zero-order valence-electron chi connectivity index (χ0n) is 9.85. The quantitative estimate of drug-likeness (QED) is 0.662. The van der Waals surface area contributed by atoms with Gasteiger partial charge in [-0.15, -0.1) is 0 Å². The summed E-state index contributed by atoms with van der Waals surface area (Å²) in [6.07, 6.45) is 3.35. The molecule has 5 heteroatoms. The summed E-state index contributed by atoms with van der Waals surface area (Å²) in [6.45, 7) is 8.40. The van der Waals surface area contributed by atoms with Crippen LogP contribution in [0.15, 0.2) is 12.7 Å². The molecule has 0 aliphatic rings. The molecule has 15 heavy (non-hydrogen) atoms. The molecule has 1 heterocycles. The zero-order chi connectivity index (χ0) is 11.1. The Labute approximate surface area is 91.5 Å². The predicted molar refractivity (Wildman–Crippen MR) is 60.8 cm³/mol. The molecule has 1 rings (SSSR count). The Morgan fingerprint density at radius 1 is 1.53 bits per heavy atom. The summed E-state index contributed by atoms with van der Waals surface area (Å²) in [4.78, 5) is 6.25. The van der Waals surface area contributed by atoms with Gasteiger partial charge in [-0.25, -0.2) is 9.67 Å². The summed E-state index contributed by atoms with van der Waals surface area (Å²) in [5, 5.41) is 7.44. The van der Waals surface area contributed by atoms with E-state index in [2.05, 4.69) is 41.2 Å². The van der Waals surface area contributed by atoms with Crippen LogP contribution in [0.4, 0.5) is 0 Å². The first-order valence-corrected chi connectivity index (χ1v) is 5.47. The van der Waals surface area contributed by atoms with Gasteiger partial charge in [-0.1, -0.05) is 6.92 Å². The van der Waals surface area contributed by atoms with Gasteiger partial charge >= 0.3 is 0 Å². The minimum absolute atomic E-state index is 0.374. The highest BCUT2D eigenvalue weighted by Gasteiger charge is 2.07. The predicted octanol–water partition coefficient (Wildman–Crippen LogP) is 0.380. The SMILES string of the molecule is CCNCCN(C)CC(C)n1cncn1. The number of aromatic nitrogens is 3. The van der Waals surface area contributed by atoms with E-state index in [4.69, 9.17) is 0 Å². The van der Waals surface area contributed by atoms with Crippen LogP contribution < -0.4 is 5.32 Å². The van der Waals surface area contributed by atoms with Crippen molar-refractivity contribution in [3.05, 3.63) is 12.7 Å². The Morgan fingerprint density at radius 3 is 2.93 bits per heavy atom. The van der Waals surface area contributed by atoms with E-state index in [1.54, 1.807) is 12.7 Å². The number of nitrogens with zero attached hydrogens (tertiary/aromatic N) is 4. The van der Waals surface area contributed by atoms with Gasteiger partial charge in [-0.05, 0) is 20.5 Å². The van der Waals surface area contributed by atoms with Gasteiger partial charge in [0.05, 0.1) is 6.04 Å². The fourth-order valence-corrected chi connectivity index (χ4v) is 1.52. The minimum atomic E-state index is 0.374. The van der Waals surface area contributed by atoms with Gasteiger partial charge in [-0.3, -0.25) is 0 Å². The lowest BCUT2D eigenvalue weighted by Crippen LogP contribution is -2.33. The summed E-state index contributed by atoms with van der Waals surface area (Å²) in [5.41, 5.74) is 0. The molecule has 0 saturated heterocycles. The molecule has 0 aliphatic carbocycles. The fraction of sp³-hybridized carbons (Fsp3) is 0.800. The fourth-order valence-electron chi connectivity index (χ4n) is 1.52. The molecule has 1 N–H and O–H groups in total. The van der Waals surface area contributed by atoms with Crippen LogP contribution in [0, 0.1) is 0 Å². The molecule has 0 spiro atoms. The number of hydrogen-bond donors (Lipinski definition) is 1. The Bertz CT molecular complexity index is 246. The van der Waals surface area contributed by atoms with Crippen LogP contribution in [-0.2, 0) is 0 Å². The summed E-state index contributed by atoms with van der Waals surface area (Å²) < 4.78 is 1.89. The molecule has 1 aromatic rings. The molecule has 1 aromatic heterocycles. The van der Waals surface area contributed by atoms with Gasteiger partial charge in [0.15, 0.2) is 0 Å². The van der Waals surface area contributed by atoms with Crippen LogP contribution in [0.1, 0.15) is 19.9 Å². The maximum Gasteiger partial charge on any atom is 0.137 e. The summed E-state index contributed by atoms with van der Waals surface area (Å²) in [7, 11) is 2.13. The maximum atomic E-state index is 4.13. The molecular formula is C10H21N5. The van der Waals surface area contributed by atoms with Gasteiger partial charge in [0.1, 0.15) is 12.7 Å². The van der Waals surface area contributed by atoms with Gasteiger partial charge in [0, 0.05) is 19.6 Å². The highest BCUT2D eigenvalue weighted by Crippen LogP contribution is 2.03. The Balaban J connectivity index is 2.22. The first-order valence-electron chi connectivity index (χ1n) is 5.47. The highest BCUT2D eigenvalue weighted by molar-refractivity contribution is 4.68. The molecule has 1 atom stereocenters. The van der Waals surface area contributed by atoms with Gasteiger partial charge in [0.2, 0.25) is 0 Å². The molecule has 0 radical (unpaired) electrons. The molecule has 0 aliphatic heterocycles.